The van der Waals surface area contributed by atoms with Gasteiger partial charge in [0.2, 0.25) is 5.82 Å². The van der Waals surface area contributed by atoms with Gasteiger partial charge in [0.15, 0.2) is 23.3 Å². The molecule has 0 bridgehead atoms. The molecule has 26 heavy (non-hydrogen) atoms. The first-order valence-corrected chi connectivity index (χ1v) is 9.45. The zero-order valence-electron chi connectivity index (χ0n) is 11.7. The number of fused-ring (bicyclic) bond motifs is 1. The van der Waals surface area contributed by atoms with Crippen LogP contribution in [0.3, 0.4) is 0 Å². The van der Waals surface area contributed by atoms with Crippen molar-refractivity contribution in [3.63, 3.8) is 0 Å². The number of hydrogen-bond acceptors (Lipinski definition) is 2. The van der Waals surface area contributed by atoms with E-state index >= 15 is 0 Å². The fourth-order valence-corrected chi connectivity index (χ4v) is 4.80. The molecule has 3 nitrogen and oxygen atoms in total. The largest absolute Gasteiger partial charge is 0.268 e. The molecule has 0 aliphatic carbocycles. The molecule has 0 spiro atoms. The van der Waals surface area contributed by atoms with Crippen LogP contribution in [0.25, 0.3) is 0 Å². The van der Waals surface area contributed by atoms with Gasteiger partial charge in [0.1, 0.15) is 5.69 Å². The van der Waals surface area contributed by atoms with Crippen LogP contribution in [-0.4, -0.2) is 11.8 Å². The molecule has 0 atom stereocenters. The number of rotatable bonds is 1. The molecule has 136 valence electrons. The van der Waals surface area contributed by atoms with Gasteiger partial charge in [-0.1, -0.05) is 0 Å². The number of nitrogens with zero attached hydrogens (tertiary/aromatic N) is 1. The van der Waals surface area contributed by atoms with E-state index in [0.717, 1.165) is 0 Å². The zero-order chi connectivity index (χ0) is 19.7. The summed E-state index contributed by atoms with van der Waals surface area (Å²) in [4.78, 5) is 25.1. The number of amides is 2. The molecular formula is C14Br4F5NO2. The van der Waals surface area contributed by atoms with Gasteiger partial charge in [0.25, 0.3) is 11.8 Å². The molecule has 0 radical (unpaired) electrons. The highest BCUT2D eigenvalue weighted by Crippen LogP contribution is 2.47. The summed E-state index contributed by atoms with van der Waals surface area (Å²) >= 11 is 12.4. The van der Waals surface area contributed by atoms with Crippen LogP contribution in [0.5, 0.6) is 0 Å². The Balaban J connectivity index is 2.36. The van der Waals surface area contributed by atoms with Gasteiger partial charge in [-0.05, 0) is 63.7 Å². The number of imide groups is 1. The molecule has 0 saturated heterocycles. The summed E-state index contributed by atoms with van der Waals surface area (Å²) in [6.45, 7) is 0. The second kappa shape index (κ2) is 6.64. The van der Waals surface area contributed by atoms with Crippen LogP contribution >= 0.6 is 63.7 Å². The number of hydrogen-bond donors (Lipinski definition) is 0. The Bertz CT molecular complexity index is 967. The third-order valence-corrected chi connectivity index (χ3v) is 8.28. The van der Waals surface area contributed by atoms with Crippen LogP contribution in [0.2, 0.25) is 0 Å². The zero-order valence-corrected chi connectivity index (χ0v) is 18.0. The van der Waals surface area contributed by atoms with Crippen LogP contribution < -0.4 is 4.90 Å². The van der Waals surface area contributed by atoms with Gasteiger partial charge in [0.05, 0.1) is 11.1 Å². The van der Waals surface area contributed by atoms with Gasteiger partial charge >= 0.3 is 0 Å². The second-order valence-corrected chi connectivity index (χ2v) is 8.04. The van der Waals surface area contributed by atoms with E-state index in [9.17, 15) is 31.5 Å². The summed E-state index contributed by atoms with van der Waals surface area (Å²) in [7, 11) is 0. The predicted molar refractivity (Wildman–Crippen MR) is 94.6 cm³/mol. The molecule has 0 fully saturated rings. The number of anilines is 1. The van der Waals surface area contributed by atoms with Crippen molar-refractivity contribution >= 4 is 81.2 Å². The molecule has 1 heterocycles. The van der Waals surface area contributed by atoms with Crippen LogP contribution in [0.15, 0.2) is 17.9 Å². The molecule has 2 amide bonds. The quantitative estimate of drug-likeness (QED) is 0.163. The monoisotopic (exact) mass is 625 g/mol. The summed E-state index contributed by atoms with van der Waals surface area (Å²) in [5, 5.41) is 0. The Hall–Kier alpha value is -0.850. The van der Waals surface area contributed by atoms with Crippen molar-refractivity contribution in [2.24, 2.45) is 0 Å². The first-order valence-electron chi connectivity index (χ1n) is 6.28. The van der Waals surface area contributed by atoms with Crippen molar-refractivity contribution in [1.82, 2.24) is 0 Å². The molecule has 12 heteroatoms. The molecule has 0 unspecified atom stereocenters. The number of carbonyl (C=O) groups excluding carboxylic acids is 2. The van der Waals surface area contributed by atoms with Gasteiger partial charge in [-0.15, -0.1) is 0 Å². The first kappa shape index (κ1) is 19.9. The smallest absolute Gasteiger partial charge is 0.267 e. The fraction of sp³-hybridized carbons (Fsp3) is 0. The Kier molecular flexibility index (Phi) is 5.08. The minimum absolute atomic E-state index is 0.0623. The highest BCUT2D eigenvalue weighted by molar-refractivity contribution is 9.15. The molecule has 2 aromatic carbocycles. The fourth-order valence-electron chi connectivity index (χ4n) is 2.34. The van der Waals surface area contributed by atoms with Gasteiger partial charge in [-0.3, -0.25) is 9.59 Å². The Morgan fingerprint density at radius 1 is 0.538 bits per heavy atom. The van der Waals surface area contributed by atoms with Gasteiger partial charge < -0.3 is 0 Å². The van der Waals surface area contributed by atoms with Crippen molar-refractivity contribution in [3.8, 4) is 0 Å². The number of halogens is 9. The average Bonchev–Trinajstić information content (AvgIpc) is 2.86. The highest BCUT2D eigenvalue weighted by Gasteiger charge is 2.45. The first-order chi connectivity index (χ1) is 12.0. The summed E-state index contributed by atoms with van der Waals surface area (Å²) < 4.78 is 69.1. The van der Waals surface area contributed by atoms with E-state index in [0.29, 0.717) is 8.95 Å². The Morgan fingerprint density at radius 3 is 1.19 bits per heavy atom. The minimum Gasteiger partial charge on any atom is -0.268 e. The molecule has 3 rings (SSSR count). The normalized spacial score (nSPS) is 13.7. The van der Waals surface area contributed by atoms with Crippen LogP contribution in [0, 0.1) is 29.1 Å². The SMILES string of the molecule is O=C1c2c(Br)c(Br)c(Br)c(Br)c2C(=O)N1c1c(F)c(F)c(F)c(F)c1F. The average molecular weight is 629 g/mol. The topological polar surface area (TPSA) is 37.4 Å². The van der Waals surface area contributed by atoms with E-state index in [1.54, 1.807) is 0 Å². The van der Waals surface area contributed by atoms with E-state index < -0.39 is 46.6 Å². The maximum Gasteiger partial charge on any atom is 0.267 e. The van der Waals surface area contributed by atoms with Gasteiger partial charge in [-0.25, -0.2) is 26.9 Å². The molecule has 1 aliphatic rings. The lowest BCUT2D eigenvalue weighted by Gasteiger charge is -2.16. The van der Waals surface area contributed by atoms with E-state index in [-0.39, 0.29) is 25.0 Å². The molecule has 0 aromatic heterocycles. The third kappa shape index (κ3) is 2.52. The van der Waals surface area contributed by atoms with E-state index in [2.05, 4.69) is 63.7 Å². The predicted octanol–water partition coefficient (Wildman–Crippen LogP) is 6.23. The lowest BCUT2D eigenvalue weighted by molar-refractivity contribution is 0.0922. The minimum atomic E-state index is -2.40. The molecule has 2 aromatic rings. The van der Waals surface area contributed by atoms with Crippen molar-refractivity contribution in [2.75, 3.05) is 4.90 Å². The summed E-state index contributed by atoms with van der Waals surface area (Å²) in [5.74, 6) is -14.0. The number of benzene rings is 2. The maximum atomic E-state index is 14.1. The molecule has 0 N–H and O–H groups in total. The van der Waals surface area contributed by atoms with Crippen molar-refractivity contribution < 1.29 is 31.5 Å². The second-order valence-electron chi connectivity index (χ2n) is 4.87. The molecule has 1 aliphatic heterocycles. The van der Waals surface area contributed by atoms with E-state index in [4.69, 9.17) is 0 Å². The third-order valence-electron chi connectivity index (χ3n) is 3.51. The highest BCUT2D eigenvalue weighted by atomic mass is 79.9. The number of carbonyl (C=O) groups is 2. The Labute approximate surface area is 175 Å². The van der Waals surface area contributed by atoms with Crippen LogP contribution in [0.4, 0.5) is 27.6 Å². The summed E-state index contributed by atoms with van der Waals surface area (Å²) in [6, 6.07) is 0. The summed E-state index contributed by atoms with van der Waals surface area (Å²) in [6.07, 6.45) is 0. The lowest BCUT2D eigenvalue weighted by Crippen LogP contribution is -2.32. The van der Waals surface area contributed by atoms with Gasteiger partial charge in [0, 0.05) is 17.9 Å². The summed E-state index contributed by atoms with van der Waals surface area (Å²) in [5.41, 5.74) is -2.25. The van der Waals surface area contributed by atoms with Crippen LogP contribution in [-0.2, 0) is 0 Å². The van der Waals surface area contributed by atoms with Crippen LogP contribution in [0.1, 0.15) is 20.7 Å². The van der Waals surface area contributed by atoms with Crippen molar-refractivity contribution in [3.05, 3.63) is 58.1 Å². The van der Waals surface area contributed by atoms with Crippen molar-refractivity contribution in [2.45, 2.75) is 0 Å². The maximum absolute atomic E-state index is 14.1. The standard InChI is InChI=1S/C14Br4F5NO2/c15-3-1-2(4(16)6(18)5(3)17)14(26)24(13(1)25)12-10(22)8(20)7(19)9(21)11(12)23. The van der Waals surface area contributed by atoms with E-state index in [1.165, 1.54) is 0 Å². The van der Waals surface area contributed by atoms with E-state index in [1.807, 2.05) is 0 Å². The molecule has 0 saturated carbocycles. The van der Waals surface area contributed by atoms with Gasteiger partial charge in [-0.2, -0.15) is 0 Å². The Morgan fingerprint density at radius 2 is 0.846 bits per heavy atom. The lowest BCUT2D eigenvalue weighted by atomic mass is 10.1. The van der Waals surface area contributed by atoms with Crippen molar-refractivity contribution in [1.29, 1.82) is 0 Å². The molecular weight excluding hydrogens is 629 g/mol.